The predicted octanol–water partition coefficient (Wildman–Crippen LogP) is 5.01. The molecule has 0 atom stereocenters. The van der Waals surface area contributed by atoms with Crippen molar-refractivity contribution >= 4 is 47.4 Å². The Hall–Kier alpha value is -2.15. The first-order chi connectivity index (χ1) is 12.8. The highest BCUT2D eigenvalue weighted by molar-refractivity contribution is 6.00. The fraction of sp³-hybridized carbons (Fsp3) is 0.333. The minimum atomic E-state index is -0.708. The zero-order valence-electron chi connectivity index (χ0n) is 16.5. The number of fused-ring (bicyclic) bond motifs is 1. The van der Waals surface area contributed by atoms with Crippen LogP contribution in [0.25, 0.3) is 22.4 Å². The second-order valence-corrected chi connectivity index (χ2v) is 7.67. The van der Waals surface area contributed by atoms with Gasteiger partial charge in [0.15, 0.2) is 0 Å². The Morgan fingerprint density at radius 2 is 1.90 bits per heavy atom. The lowest BCUT2D eigenvalue weighted by Gasteiger charge is -2.16. The van der Waals surface area contributed by atoms with E-state index in [1.807, 2.05) is 43.5 Å². The van der Waals surface area contributed by atoms with Crippen LogP contribution in [0, 0.1) is 12.7 Å². The highest BCUT2D eigenvalue weighted by atomic mass is 35.5. The number of benzene rings is 2. The van der Waals surface area contributed by atoms with Crippen LogP contribution in [-0.2, 0) is 4.79 Å². The van der Waals surface area contributed by atoms with Crippen molar-refractivity contribution < 1.29 is 9.18 Å². The van der Waals surface area contributed by atoms with Gasteiger partial charge in [-0.1, -0.05) is 0 Å². The maximum absolute atomic E-state index is 13.7. The summed E-state index contributed by atoms with van der Waals surface area (Å²) >= 11 is 0. The quantitative estimate of drug-likeness (QED) is 0.601. The molecule has 1 aliphatic carbocycles. The Labute approximate surface area is 181 Å². The van der Waals surface area contributed by atoms with E-state index in [1.54, 1.807) is 6.07 Å². The van der Waals surface area contributed by atoms with Gasteiger partial charge in [0, 0.05) is 17.3 Å². The molecule has 0 saturated heterocycles. The molecule has 1 saturated carbocycles. The number of anilines is 1. The van der Waals surface area contributed by atoms with E-state index in [0.29, 0.717) is 0 Å². The average molecular weight is 439 g/mol. The second kappa shape index (κ2) is 8.30. The molecule has 0 radical (unpaired) electrons. The van der Waals surface area contributed by atoms with Gasteiger partial charge in [-0.2, -0.15) is 0 Å². The van der Waals surface area contributed by atoms with Crippen LogP contribution in [-0.4, -0.2) is 21.0 Å². The van der Waals surface area contributed by atoms with Crippen LogP contribution in [0.2, 0.25) is 0 Å². The molecule has 3 N–H and O–H groups in total. The summed E-state index contributed by atoms with van der Waals surface area (Å²) in [5, 5.41) is 2.92. The third-order valence-corrected chi connectivity index (χ3v) is 5.14. The summed E-state index contributed by atoms with van der Waals surface area (Å²) in [6, 6.07) is 10.6. The number of imidazole rings is 1. The molecule has 0 spiro atoms. The fourth-order valence-corrected chi connectivity index (χ4v) is 3.34. The molecule has 1 amide bonds. The van der Waals surface area contributed by atoms with Crippen molar-refractivity contribution in [2.24, 2.45) is 5.73 Å². The number of nitrogens with one attached hydrogen (secondary N) is 1. The van der Waals surface area contributed by atoms with E-state index in [2.05, 4.69) is 5.32 Å². The molecule has 29 heavy (non-hydrogen) atoms. The van der Waals surface area contributed by atoms with Gasteiger partial charge in [-0.15, -0.1) is 24.8 Å². The smallest absolute Gasteiger partial charge is 0.244 e. The molecule has 0 unspecified atom stereocenters. The molecule has 1 aliphatic rings. The molecule has 4 rings (SSSR count). The number of amides is 1. The van der Waals surface area contributed by atoms with Crippen LogP contribution in [0.1, 0.15) is 38.3 Å². The van der Waals surface area contributed by atoms with Crippen molar-refractivity contribution in [3.05, 3.63) is 47.8 Å². The molecule has 0 aliphatic heterocycles. The zero-order chi connectivity index (χ0) is 19.3. The number of halogens is 3. The Kier molecular flexibility index (Phi) is 6.62. The number of hydrogen-bond donors (Lipinski definition) is 2. The number of carbonyl (C=O) groups excluding carboxylic acids is 1. The Morgan fingerprint density at radius 1 is 1.21 bits per heavy atom. The van der Waals surface area contributed by atoms with Gasteiger partial charge >= 0.3 is 0 Å². The Morgan fingerprint density at radius 3 is 2.48 bits per heavy atom. The van der Waals surface area contributed by atoms with Gasteiger partial charge < -0.3 is 15.6 Å². The lowest BCUT2D eigenvalue weighted by molar-refractivity contribution is -0.118. The van der Waals surface area contributed by atoms with Crippen molar-refractivity contribution in [2.75, 3.05) is 5.32 Å². The summed E-state index contributed by atoms with van der Waals surface area (Å²) in [6.07, 6.45) is 1.45. The number of aromatic nitrogens is 2. The van der Waals surface area contributed by atoms with Crippen molar-refractivity contribution in [1.82, 2.24) is 9.55 Å². The number of nitrogens with two attached hydrogens (primary N) is 1. The van der Waals surface area contributed by atoms with Gasteiger partial charge in [0.25, 0.3) is 0 Å². The largest absolute Gasteiger partial charge is 0.324 e. The maximum atomic E-state index is 13.7. The van der Waals surface area contributed by atoms with Crippen LogP contribution in [0.3, 0.4) is 0 Å². The molecule has 1 aromatic heterocycles. The molecule has 0 bridgehead atoms. The second-order valence-electron chi connectivity index (χ2n) is 7.67. The molecular weight excluding hydrogens is 414 g/mol. The van der Waals surface area contributed by atoms with Crippen LogP contribution in [0.5, 0.6) is 0 Å². The highest BCUT2D eigenvalue weighted by Gasteiger charge is 2.46. The van der Waals surface area contributed by atoms with E-state index in [-0.39, 0.29) is 42.6 Å². The van der Waals surface area contributed by atoms with Gasteiger partial charge in [-0.3, -0.25) is 4.79 Å². The van der Waals surface area contributed by atoms with Crippen molar-refractivity contribution in [2.45, 2.75) is 45.2 Å². The molecule has 8 heteroatoms. The minimum Gasteiger partial charge on any atom is -0.324 e. The molecule has 156 valence electrons. The summed E-state index contributed by atoms with van der Waals surface area (Å²) < 4.78 is 15.8. The van der Waals surface area contributed by atoms with E-state index in [0.717, 1.165) is 46.5 Å². The first-order valence-corrected chi connectivity index (χ1v) is 9.17. The monoisotopic (exact) mass is 438 g/mol. The van der Waals surface area contributed by atoms with Gasteiger partial charge in [0.05, 0.1) is 16.6 Å². The van der Waals surface area contributed by atoms with Crippen LogP contribution in [0.15, 0.2) is 36.4 Å². The zero-order valence-corrected chi connectivity index (χ0v) is 18.2. The van der Waals surface area contributed by atoms with Crippen LogP contribution in [0.4, 0.5) is 10.1 Å². The topological polar surface area (TPSA) is 72.9 Å². The van der Waals surface area contributed by atoms with Crippen molar-refractivity contribution in [3.8, 4) is 11.4 Å². The van der Waals surface area contributed by atoms with Gasteiger partial charge in [0.1, 0.15) is 11.6 Å². The molecule has 2 aromatic carbocycles. The summed E-state index contributed by atoms with van der Waals surface area (Å²) in [7, 11) is 0. The third-order valence-electron chi connectivity index (χ3n) is 5.14. The number of nitrogens with zero attached hydrogens (tertiary/aromatic N) is 2. The summed E-state index contributed by atoms with van der Waals surface area (Å²) in [5.41, 5.74) is 9.38. The first kappa shape index (κ1) is 23.1. The predicted molar refractivity (Wildman–Crippen MR) is 120 cm³/mol. The van der Waals surface area contributed by atoms with Crippen molar-refractivity contribution in [1.29, 1.82) is 0 Å². The lowest BCUT2D eigenvalue weighted by Crippen LogP contribution is -2.37. The standard InChI is InChI=1S/C21H23FN4O.2ClH/c1-12(2)26-18-11-15(22)5-7-17(18)24-19(26)14-4-6-16(13(3)10-14)25-20(27)21(23)8-9-21;;/h4-7,10-12H,8-9,23H2,1-3H3,(H,25,27);2*1H. The van der Waals surface area contributed by atoms with Crippen LogP contribution >= 0.6 is 24.8 Å². The van der Waals surface area contributed by atoms with Gasteiger partial charge in [-0.05, 0) is 75.6 Å². The lowest BCUT2D eigenvalue weighted by atomic mass is 10.1. The number of aryl methyl sites for hydroxylation is 1. The first-order valence-electron chi connectivity index (χ1n) is 9.17. The Balaban J connectivity index is 0.00000150. The number of hydrogen-bond acceptors (Lipinski definition) is 3. The number of rotatable bonds is 4. The van der Waals surface area contributed by atoms with Gasteiger partial charge in [-0.25, -0.2) is 9.37 Å². The fourth-order valence-electron chi connectivity index (χ4n) is 3.34. The summed E-state index contributed by atoms with van der Waals surface area (Å²) in [4.78, 5) is 16.9. The average Bonchev–Trinajstić information content (AvgIpc) is 3.25. The molecule has 1 heterocycles. The normalized spacial score (nSPS) is 14.3. The molecule has 1 fully saturated rings. The highest BCUT2D eigenvalue weighted by Crippen LogP contribution is 2.35. The molecule has 3 aromatic rings. The minimum absolute atomic E-state index is 0. The molecular formula is C21H25Cl2FN4O. The van der Waals surface area contributed by atoms with E-state index >= 15 is 0 Å². The third kappa shape index (κ3) is 4.25. The summed E-state index contributed by atoms with van der Waals surface area (Å²) in [5.74, 6) is 0.369. The van der Waals surface area contributed by atoms with Gasteiger partial charge in [0.2, 0.25) is 5.91 Å². The molecule has 5 nitrogen and oxygen atoms in total. The van der Waals surface area contributed by atoms with Crippen LogP contribution < -0.4 is 11.1 Å². The van der Waals surface area contributed by atoms with E-state index < -0.39 is 5.54 Å². The Bertz CT molecular complexity index is 1060. The summed E-state index contributed by atoms with van der Waals surface area (Å²) in [6.45, 7) is 6.04. The van der Waals surface area contributed by atoms with Crippen molar-refractivity contribution in [3.63, 3.8) is 0 Å². The van der Waals surface area contributed by atoms with E-state index in [4.69, 9.17) is 10.7 Å². The maximum Gasteiger partial charge on any atom is 0.244 e. The van der Waals surface area contributed by atoms with E-state index in [9.17, 15) is 9.18 Å². The number of carbonyl (C=O) groups is 1. The van der Waals surface area contributed by atoms with E-state index in [1.165, 1.54) is 12.1 Å². The SMILES string of the molecule is Cc1cc(-c2nc3ccc(F)cc3n2C(C)C)ccc1NC(=O)C1(N)CC1.Cl.Cl.